The van der Waals surface area contributed by atoms with Crippen molar-refractivity contribution in [3.63, 3.8) is 0 Å². The van der Waals surface area contributed by atoms with Crippen LogP contribution in [0.4, 0.5) is 0 Å². The molecule has 0 amide bonds. The van der Waals surface area contributed by atoms with Gasteiger partial charge in [0.1, 0.15) is 0 Å². The number of benzene rings is 4. The van der Waals surface area contributed by atoms with E-state index in [4.69, 9.17) is 0 Å². The largest absolute Gasteiger partial charge is 0.358 e. The zero-order chi connectivity index (χ0) is 16.7. The Morgan fingerprint density at radius 2 is 0.828 bits per heavy atom. The molecule has 5 rings (SSSR count). The van der Waals surface area contributed by atoms with Gasteiger partial charge in [-0.05, 0) is 22.3 Å². The van der Waals surface area contributed by atoms with Gasteiger partial charge in [0.2, 0.25) is 0 Å². The fourth-order valence-electron chi connectivity index (χ4n) is 4.30. The smallest absolute Gasteiger partial charge is 0.0274 e. The molecule has 2 heteroatoms. The van der Waals surface area contributed by atoms with Crippen molar-refractivity contribution in [2.75, 3.05) is 0 Å². The van der Waals surface area contributed by atoms with Crippen LogP contribution in [0, 0.1) is 27.0 Å². The van der Waals surface area contributed by atoms with Gasteiger partial charge in [-0.15, -0.1) is 11.1 Å². The third-order valence-corrected chi connectivity index (χ3v) is 5.25. The molecule has 0 saturated carbocycles. The molecule has 140 valence electrons. The van der Waals surface area contributed by atoms with Crippen molar-refractivity contribution in [3.8, 4) is 11.1 Å². The standard InChI is InChI=1S/C25H16.2CH3.2Y/c1-3-11-19(12-4-1)25(20-13-5-2-6-14-20)23-17-9-7-15-21(23)22-16-8-10-18-24(22)25;;;;/h3-18H;2*1H3;;/q-2;2*-1;;. The molecule has 1 aliphatic rings. The fourth-order valence-corrected chi connectivity index (χ4v) is 4.30. The second-order valence-corrected chi connectivity index (χ2v) is 6.42. The van der Waals surface area contributed by atoms with E-state index in [1.807, 2.05) is 24.3 Å². The molecule has 0 N–H and O–H groups in total. The molecular weight excluding hydrogens is 502 g/mol. The molecule has 2 radical (unpaired) electrons. The van der Waals surface area contributed by atoms with E-state index in [9.17, 15) is 0 Å². The molecular formula is C27H22Y2-4. The molecule has 0 aliphatic heterocycles. The van der Waals surface area contributed by atoms with Gasteiger partial charge in [-0.1, -0.05) is 48.5 Å². The second kappa shape index (κ2) is 10.9. The first kappa shape index (κ1) is 26.1. The third kappa shape index (κ3) is 4.02. The van der Waals surface area contributed by atoms with Gasteiger partial charge in [-0.25, -0.2) is 0 Å². The van der Waals surface area contributed by atoms with Gasteiger partial charge in [0.25, 0.3) is 0 Å². The number of hydrogen-bond donors (Lipinski definition) is 0. The molecule has 0 fully saturated rings. The molecule has 0 spiro atoms. The first-order chi connectivity index (χ1) is 12.4. The Morgan fingerprint density at radius 3 is 1.21 bits per heavy atom. The molecule has 4 aromatic rings. The fraction of sp³-hybridized carbons (Fsp3) is 0.0370. The first-order valence-corrected chi connectivity index (χ1v) is 8.55. The Hall–Kier alpha value is -0.912. The SMILES string of the molecule is [CH3-].[CH3-].[Y].[Y].[c-]1ccc(C2(c3cc[c-]cc3)c3ccccc3-c3ccccc32)cc1. The summed E-state index contributed by atoms with van der Waals surface area (Å²) in [6, 6.07) is 40.7. The number of fused-ring (bicyclic) bond motifs is 3. The van der Waals surface area contributed by atoms with Crippen molar-refractivity contribution in [1.29, 1.82) is 0 Å². The summed E-state index contributed by atoms with van der Waals surface area (Å²) in [5.41, 5.74) is 7.57. The summed E-state index contributed by atoms with van der Waals surface area (Å²) in [5.74, 6) is 0. The third-order valence-electron chi connectivity index (χ3n) is 5.25. The van der Waals surface area contributed by atoms with Gasteiger partial charge in [-0.3, -0.25) is 0 Å². The maximum absolute atomic E-state index is 3.17. The summed E-state index contributed by atoms with van der Waals surface area (Å²) in [5, 5.41) is 0. The van der Waals surface area contributed by atoms with Crippen LogP contribution in [0.25, 0.3) is 11.1 Å². The molecule has 1 aliphatic carbocycles. The monoisotopic (exact) mass is 524 g/mol. The first-order valence-electron chi connectivity index (χ1n) is 8.55. The molecule has 0 saturated heterocycles. The Kier molecular flexibility index (Phi) is 9.84. The van der Waals surface area contributed by atoms with Crippen molar-refractivity contribution in [1.82, 2.24) is 0 Å². The van der Waals surface area contributed by atoms with E-state index < -0.39 is 0 Å². The van der Waals surface area contributed by atoms with Gasteiger partial charge in [0.15, 0.2) is 0 Å². The van der Waals surface area contributed by atoms with Crippen LogP contribution in [0.3, 0.4) is 0 Å². The van der Waals surface area contributed by atoms with E-state index in [1.54, 1.807) is 0 Å². The Labute approximate surface area is 225 Å². The maximum atomic E-state index is 3.17. The predicted molar refractivity (Wildman–Crippen MR) is 114 cm³/mol. The number of rotatable bonds is 2. The van der Waals surface area contributed by atoms with Crippen LogP contribution in [0.15, 0.2) is 97.1 Å². The van der Waals surface area contributed by atoms with E-state index in [-0.39, 0.29) is 85.7 Å². The van der Waals surface area contributed by atoms with E-state index in [2.05, 4.69) is 84.9 Å². The van der Waals surface area contributed by atoms with Crippen LogP contribution in [0.5, 0.6) is 0 Å². The Bertz CT molecular complexity index is 953. The maximum Gasteiger partial charge on any atom is 0.0274 e. The summed E-state index contributed by atoms with van der Waals surface area (Å²) in [4.78, 5) is 0. The van der Waals surface area contributed by atoms with E-state index >= 15 is 0 Å². The zero-order valence-electron chi connectivity index (χ0n) is 16.9. The Morgan fingerprint density at radius 1 is 0.483 bits per heavy atom. The van der Waals surface area contributed by atoms with E-state index in [0.717, 1.165) is 0 Å². The normalized spacial score (nSPS) is 12.0. The minimum absolute atomic E-state index is 0. The topological polar surface area (TPSA) is 0 Å². The number of hydrogen-bond acceptors (Lipinski definition) is 0. The van der Waals surface area contributed by atoms with Crippen LogP contribution in [-0.4, -0.2) is 0 Å². The molecule has 29 heavy (non-hydrogen) atoms. The molecule has 4 aromatic carbocycles. The van der Waals surface area contributed by atoms with Gasteiger partial charge < -0.3 is 14.9 Å². The van der Waals surface area contributed by atoms with Crippen LogP contribution in [0.2, 0.25) is 0 Å². The zero-order valence-corrected chi connectivity index (χ0v) is 22.6. The molecule has 0 unspecified atom stereocenters. The molecule has 0 bridgehead atoms. The predicted octanol–water partition coefficient (Wildman–Crippen LogP) is 6.55. The second-order valence-electron chi connectivity index (χ2n) is 6.42. The minimum Gasteiger partial charge on any atom is -0.358 e. The van der Waals surface area contributed by atoms with Gasteiger partial charge in [-0.2, -0.15) is 60.7 Å². The molecule has 0 nitrogen and oxygen atoms in total. The van der Waals surface area contributed by atoms with Gasteiger partial charge in [0, 0.05) is 70.8 Å². The summed E-state index contributed by atoms with van der Waals surface area (Å²) in [7, 11) is 0. The average molecular weight is 524 g/mol. The van der Waals surface area contributed by atoms with Crippen LogP contribution in [0.1, 0.15) is 22.3 Å². The summed E-state index contributed by atoms with van der Waals surface area (Å²) in [6.45, 7) is 0. The quantitative estimate of drug-likeness (QED) is 0.230. The van der Waals surface area contributed by atoms with Crippen molar-refractivity contribution in [2.24, 2.45) is 0 Å². The van der Waals surface area contributed by atoms with Gasteiger partial charge >= 0.3 is 0 Å². The Balaban J connectivity index is 0.00000105. The van der Waals surface area contributed by atoms with Gasteiger partial charge in [0.05, 0.1) is 0 Å². The van der Waals surface area contributed by atoms with Crippen molar-refractivity contribution in [2.45, 2.75) is 5.41 Å². The molecule has 0 aromatic heterocycles. The van der Waals surface area contributed by atoms with Crippen molar-refractivity contribution >= 4 is 0 Å². The van der Waals surface area contributed by atoms with E-state index in [1.165, 1.54) is 33.4 Å². The van der Waals surface area contributed by atoms with E-state index in [0.29, 0.717) is 0 Å². The van der Waals surface area contributed by atoms with Crippen molar-refractivity contribution < 1.29 is 65.4 Å². The van der Waals surface area contributed by atoms with Crippen LogP contribution in [-0.2, 0) is 70.8 Å². The minimum atomic E-state index is -0.294. The van der Waals surface area contributed by atoms with Crippen LogP contribution < -0.4 is 0 Å². The van der Waals surface area contributed by atoms with Crippen LogP contribution >= 0.6 is 0 Å². The summed E-state index contributed by atoms with van der Waals surface area (Å²) >= 11 is 0. The molecule has 0 heterocycles. The molecule has 0 atom stereocenters. The average Bonchev–Trinajstić information content (AvgIpc) is 3.01. The van der Waals surface area contributed by atoms with Crippen molar-refractivity contribution in [3.05, 3.63) is 146 Å². The summed E-state index contributed by atoms with van der Waals surface area (Å²) in [6.07, 6.45) is 0. The summed E-state index contributed by atoms with van der Waals surface area (Å²) < 4.78 is 0.